The summed E-state index contributed by atoms with van der Waals surface area (Å²) in [6.45, 7) is 1.66. The third kappa shape index (κ3) is 2.91. The van der Waals surface area contributed by atoms with Gasteiger partial charge in [-0.15, -0.1) is 0 Å². The average Bonchev–Trinajstić information content (AvgIpc) is 2.30. The molecule has 0 aromatic heterocycles. The van der Waals surface area contributed by atoms with Gasteiger partial charge in [0.1, 0.15) is 11.7 Å². The predicted octanol–water partition coefficient (Wildman–Crippen LogP) is 2.91. The summed E-state index contributed by atoms with van der Waals surface area (Å²) in [5.41, 5.74) is -1.10. The second kappa shape index (κ2) is 5.70. The van der Waals surface area contributed by atoms with Crippen LogP contribution < -0.4 is 5.32 Å². The van der Waals surface area contributed by atoms with Crippen LogP contribution in [0.5, 0.6) is 0 Å². The molecular formula is C11H11F4NO2. The Labute approximate surface area is 100 Å². The van der Waals surface area contributed by atoms with Crippen molar-refractivity contribution in [3.8, 4) is 0 Å². The number of nitrogens with one attached hydrogen (secondary N) is 1. The zero-order valence-electron chi connectivity index (χ0n) is 9.44. The summed E-state index contributed by atoms with van der Waals surface area (Å²) in [6, 6.07) is -1.26. The van der Waals surface area contributed by atoms with E-state index < -0.39 is 41.0 Å². The molecule has 0 bridgehead atoms. The minimum atomic E-state index is -1.64. The van der Waals surface area contributed by atoms with Gasteiger partial charge in [0.05, 0.1) is 0 Å². The first kappa shape index (κ1) is 14.3. The van der Waals surface area contributed by atoms with Crippen molar-refractivity contribution in [2.24, 2.45) is 0 Å². The number of benzene rings is 1. The van der Waals surface area contributed by atoms with Gasteiger partial charge in [0.25, 0.3) is 0 Å². The molecule has 0 amide bonds. The molecule has 0 fully saturated rings. The van der Waals surface area contributed by atoms with E-state index in [1.807, 2.05) is 5.32 Å². The lowest BCUT2D eigenvalue weighted by Gasteiger charge is -2.16. The van der Waals surface area contributed by atoms with E-state index in [4.69, 9.17) is 5.11 Å². The molecule has 1 atom stereocenters. The van der Waals surface area contributed by atoms with Crippen LogP contribution in [0, 0.1) is 23.3 Å². The van der Waals surface area contributed by atoms with Crippen molar-refractivity contribution >= 4 is 11.7 Å². The maximum Gasteiger partial charge on any atom is 0.326 e. The number of rotatable bonds is 5. The zero-order valence-corrected chi connectivity index (χ0v) is 9.44. The molecule has 2 N–H and O–H groups in total. The Kier molecular flexibility index (Phi) is 4.52. The molecule has 0 saturated carbocycles. The Morgan fingerprint density at radius 2 is 1.78 bits per heavy atom. The highest BCUT2D eigenvalue weighted by molar-refractivity contribution is 5.77. The molecule has 100 valence electrons. The van der Waals surface area contributed by atoms with E-state index in [-0.39, 0.29) is 12.5 Å². The minimum absolute atomic E-state index is 0.0610. The summed E-state index contributed by atoms with van der Waals surface area (Å²) in [6.07, 6.45) is 0.483. The fourth-order valence-corrected chi connectivity index (χ4v) is 1.42. The van der Waals surface area contributed by atoms with Gasteiger partial charge in [-0.3, -0.25) is 0 Å². The molecule has 0 spiro atoms. The van der Waals surface area contributed by atoms with E-state index in [0.717, 1.165) is 0 Å². The number of carboxylic acid groups (broad SMARTS) is 1. The van der Waals surface area contributed by atoms with Gasteiger partial charge < -0.3 is 10.4 Å². The van der Waals surface area contributed by atoms with Crippen molar-refractivity contribution in [2.45, 2.75) is 25.8 Å². The van der Waals surface area contributed by atoms with E-state index >= 15 is 0 Å². The number of halogens is 4. The van der Waals surface area contributed by atoms with Gasteiger partial charge in [-0.2, -0.15) is 0 Å². The van der Waals surface area contributed by atoms with Crippen LogP contribution in [0.4, 0.5) is 23.2 Å². The monoisotopic (exact) mass is 265 g/mol. The summed E-state index contributed by atoms with van der Waals surface area (Å²) in [5, 5.41) is 10.8. The first-order valence-corrected chi connectivity index (χ1v) is 5.20. The smallest absolute Gasteiger partial charge is 0.326 e. The number of hydrogen-bond acceptors (Lipinski definition) is 2. The molecule has 1 rings (SSSR count). The van der Waals surface area contributed by atoms with Crippen molar-refractivity contribution in [3.05, 3.63) is 29.3 Å². The fourth-order valence-electron chi connectivity index (χ4n) is 1.42. The van der Waals surface area contributed by atoms with Crippen molar-refractivity contribution in [2.75, 3.05) is 5.32 Å². The van der Waals surface area contributed by atoms with Gasteiger partial charge in [0.15, 0.2) is 23.3 Å². The maximum absolute atomic E-state index is 13.3. The molecule has 0 aliphatic heterocycles. The van der Waals surface area contributed by atoms with Crippen LogP contribution >= 0.6 is 0 Å². The number of anilines is 1. The summed E-state index contributed by atoms with van der Waals surface area (Å²) in [4.78, 5) is 10.8. The quantitative estimate of drug-likeness (QED) is 0.635. The largest absolute Gasteiger partial charge is 0.480 e. The van der Waals surface area contributed by atoms with Crippen LogP contribution in [-0.4, -0.2) is 17.1 Å². The van der Waals surface area contributed by atoms with E-state index in [9.17, 15) is 22.4 Å². The van der Waals surface area contributed by atoms with Crippen LogP contribution in [0.15, 0.2) is 6.07 Å². The number of aliphatic carboxylic acids is 1. The highest BCUT2D eigenvalue weighted by atomic mass is 19.2. The van der Waals surface area contributed by atoms with Gasteiger partial charge in [-0.25, -0.2) is 22.4 Å². The minimum Gasteiger partial charge on any atom is -0.480 e. The number of hydrogen-bond donors (Lipinski definition) is 2. The predicted molar refractivity (Wildman–Crippen MR) is 56.2 cm³/mol. The van der Waals surface area contributed by atoms with Gasteiger partial charge in [0.2, 0.25) is 0 Å². The molecule has 18 heavy (non-hydrogen) atoms. The average molecular weight is 265 g/mol. The highest BCUT2D eigenvalue weighted by Crippen LogP contribution is 2.25. The van der Waals surface area contributed by atoms with Gasteiger partial charge in [-0.1, -0.05) is 13.3 Å². The van der Waals surface area contributed by atoms with Crippen LogP contribution in [0.2, 0.25) is 0 Å². The van der Waals surface area contributed by atoms with Crippen molar-refractivity contribution in [1.29, 1.82) is 0 Å². The molecule has 0 saturated heterocycles. The van der Waals surface area contributed by atoms with E-state index in [0.29, 0.717) is 6.42 Å². The summed E-state index contributed by atoms with van der Waals surface area (Å²) >= 11 is 0. The molecular weight excluding hydrogens is 254 g/mol. The second-order valence-electron chi connectivity index (χ2n) is 3.67. The van der Waals surface area contributed by atoms with Gasteiger partial charge in [-0.05, 0) is 6.42 Å². The Morgan fingerprint density at radius 3 is 2.17 bits per heavy atom. The molecule has 1 aromatic carbocycles. The van der Waals surface area contributed by atoms with Crippen LogP contribution in [0.1, 0.15) is 19.8 Å². The Bertz CT molecular complexity index is 439. The molecule has 1 aromatic rings. The Hall–Kier alpha value is -1.79. The van der Waals surface area contributed by atoms with Crippen molar-refractivity contribution < 1.29 is 27.5 Å². The lowest BCUT2D eigenvalue weighted by Crippen LogP contribution is -2.30. The van der Waals surface area contributed by atoms with E-state index in [1.54, 1.807) is 6.92 Å². The summed E-state index contributed by atoms with van der Waals surface area (Å²) in [5.74, 6) is -7.82. The number of carboxylic acids is 1. The standard InChI is InChI=1S/C11H11F4NO2/c1-2-3-7(11(17)18)16-10-8(14)5(12)4-6(13)9(10)15/h4,7,16H,2-3H2,1H3,(H,17,18). The van der Waals surface area contributed by atoms with Gasteiger partial charge >= 0.3 is 5.97 Å². The van der Waals surface area contributed by atoms with Crippen LogP contribution in [0.3, 0.4) is 0 Å². The highest BCUT2D eigenvalue weighted by Gasteiger charge is 2.24. The molecule has 0 heterocycles. The molecule has 1 unspecified atom stereocenters. The first-order valence-electron chi connectivity index (χ1n) is 5.20. The molecule has 0 radical (unpaired) electrons. The third-order valence-corrected chi connectivity index (χ3v) is 2.31. The van der Waals surface area contributed by atoms with Gasteiger partial charge in [0, 0.05) is 6.07 Å². The topological polar surface area (TPSA) is 49.3 Å². The van der Waals surface area contributed by atoms with E-state index in [2.05, 4.69) is 0 Å². The Balaban J connectivity index is 3.13. The second-order valence-corrected chi connectivity index (χ2v) is 3.67. The summed E-state index contributed by atoms with van der Waals surface area (Å²) < 4.78 is 52.3. The van der Waals surface area contributed by atoms with Crippen molar-refractivity contribution in [3.63, 3.8) is 0 Å². The van der Waals surface area contributed by atoms with Crippen molar-refractivity contribution in [1.82, 2.24) is 0 Å². The lowest BCUT2D eigenvalue weighted by atomic mass is 10.1. The molecule has 0 aliphatic carbocycles. The first-order chi connectivity index (χ1) is 8.38. The summed E-state index contributed by atoms with van der Waals surface area (Å²) in [7, 11) is 0. The third-order valence-electron chi connectivity index (χ3n) is 2.31. The zero-order chi connectivity index (χ0) is 13.9. The molecule has 7 heteroatoms. The molecule has 3 nitrogen and oxygen atoms in total. The fraction of sp³-hybridized carbons (Fsp3) is 0.364. The molecule has 0 aliphatic rings. The van der Waals surface area contributed by atoms with Crippen LogP contribution in [-0.2, 0) is 4.79 Å². The maximum atomic E-state index is 13.3. The van der Waals surface area contributed by atoms with E-state index in [1.165, 1.54) is 0 Å². The SMILES string of the molecule is CCCC(Nc1c(F)c(F)cc(F)c1F)C(=O)O. The normalized spacial score (nSPS) is 12.3. The Morgan fingerprint density at radius 1 is 1.28 bits per heavy atom. The lowest BCUT2D eigenvalue weighted by molar-refractivity contribution is -0.138. The number of carbonyl (C=O) groups is 1. The van der Waals surface area contributed by atoms with Crippen LogP contribution in [0.25, 0.3) is 0 Å².